The highest BCUT2D eigenvalue weighted by Crippen LogP contribution is 2.11. The summed E-state index contributed by atoms with van der Waals surface area (Å²) in [6.45, 7) is 0. The van der Waals surface area contributed by atoms with E-state index < -0.39 is 24.9 Å². The van der Waals surface area contributed by atoms with Crippen LogP contribution >= 0.6 is 0 Å². The van der Waals surface area contributed by atoms with Crippen molar-refractivity contribution in [1.29, 1.82) is 0 Å². The van der Waals surface area contributed by atoms with Crippen LogP contribution in [0.2, 0.25) is 0 Å². The molecule has 0 aromatic carbocycles. The molecule has 0 saturated heterocycles. The van der Waals surface area contributed by atoms with E-state index in [0.717, 1.165) is 0 Å². The molecular weight excluding hydrogens is 132 g/mol. The van der Waals surface area contributed by atoms with Gasteiger partial charge in [-0.15, -0.1) is 0 Å². The van der Waals surface area contributed by atoms with Crippen LogP contribution in [0.4, 0.5) is 8.78 Å². The lowest BCUT2D eigenvalue weighted by molar-refractivity contribution is -0.139. The second-order valence-electron chi connectivity index (χ2n) is 1.65. The Bertz CT molecular complexity index is 110. The van der Waals surface area contributed by atoms with Crippen LogP contribution in [0.3, 0.4) is 0 Å². The standard InChI is InChI=1S/C4H7F2NO2/c5-4(6,7)2-1-3(8)9/h1-2,7H2,(H,8,9). The van der Waals surface area contributed by atoms with Gasteiger partial charge in [0.2, 0.25) is 0 Å². The Labute approximate surface area is 50.5 Å². The van der Waals surface area contributed by atoms with Gasteiger partial charge in [-0.25, -0.2) is 0 Å². The quantitative estimate of drug-likeness (QED) is 0.556. The van der Waals surface area contributed by atoms with E-state index in [4.69, 9.17) is 5.11 Å². The number of hydrogen-bond donors (Lipinski definition) is 2. The van der Waals surface area contributed by atoms with Gasteiger partial charge in [-0.3, -0.25) is 10.5 Å². The van der Waals surface area contributed by atoms with Gasteiger partial charge in [0.1, 0.15) is 0 Å². The van der Waals surface area contributed by atoms with Crippen molar-refractivity contribution in [3.63, 3.8) is 0 Å². The average Bonchev–Trinajstić information content (AvgIpc) is 1.59. The van der Waals surface area contributed by atoms with E-state index in [2.05, 4.69) is 5.73 Å². The van der Waals surface area contributed by atoms with E-state index in [-0.39, 0.29) is 0 Å². The van der Waals surface area contributed by atoms with E-state index in [1.54, 1.807) is 0 Å². The van der Waals surface area contributed by atoms with Gasteiger partial charge in [0.25, 0.3) is 0 Å². The van der Waals surface area contributed by atoms with Crippen LogP contribution in [0.5, 0.6) is 0 Å². The molecule has 0 aliphatic rings. The molecule has 54 valence electrons. The van der Waals surface area contributed by atoms with Crippen molar-refractivity contribution in [1.82, 2.24) is 0 Å². The van der Waals surface area contributed by atoms with Gasteiger partial charge in [0.05, 0.1) is 6.42 Å². The first kappa shape index (κ1) is 8.29. The number of halogens is 2. The Morgan fingerprint density at radius 1 is 1.67 bits per heavy atom. The van der Waals surface area contributed by atoms with Crippen LogP contribution in [-0.2, 0) is 4.79 Å². The van der Waals surface area contributed by atoms with Gasteiger partial charge in [-0.2, -0.15) is 8.78 Å². The number of carboxylic acid groups (broad SMARTS) is 1. The Balaban J connectivity index is 3.39. The van der Waals surface area contributed by atoms with Crippen molar-refractivity contribution in [2.45, 2.75) is 18.9 Å². The van der Waals surface area contributed by atoms with Gasteiger partial charge >= 0.3 is 12.0 Å². The molecule has 0 rings (SSSR count). The van der Waals surface area contributed by atoms with Crippen molar-refractivity contribution >= 4 is 5.97 Å². The number of nitrogens with two attached hydrogens (primary N) is 1. The predicted molar refractivity (Wildman–Crippen MR) is 26.0 cm³/mol. The maximum atomic E-state index is 11.6. The van der Waals surface area contributed by atoms with E-state index in [1.807, 2.05) is 0 Å². The molecule has 0 bridgehead atoms. The molecule has 3 N–H and O–H groups in total. The Morgan fingerprint density at radius 2 is 2.11 bits per heavy atom. The summed E-state index contributed by atoms with van der Waals surface area (Å²) in [6.07, 6.45) is -1.40. The molecule has 0 heterocycles. The topological polar surface area (TPSA) is 63.3 Å². The molecule has 0 spiro atoms. The summed E-state index contributed by atoms with van der Waals surface area (Å²) in [5, 5.41) is 7.89. The maximum Gasteiger partial charge on any atom is 0.303 e. The zero-order valence-electron chi connectivity index (χ0n) is 4.60. The largest absolute Gasteiger partial charge is 0.481 e. The highest BCUT2D eigenvalue weighted by atomic mass is 19.3. The van der Waals surface area contributed by atoms with E-state index in [1.165, 1.54) is 0 Å². The van der Waals surface area contributed by atoms with Crippen molar-refractivity contribution in [2.75, 3.05) is 0 Å². The molecule has 0 unspecified atom stereocenters. The summed E-state index contributed by atoms with van der Waals surface area (Å²) < 4.78 is 23.2. The first-order valence-electron chi connectivity index (χ1n) is 2.30. The fourth-order valence-corrected chi connectivity index (χ4v) is 0.274. The lowest BCUT2D eigenvalue weighted by Gasteiger charge is -2.05. The van der Waals surface area contributed by atoms with Crippen LogP contribution in [0.25, 0.3) is 0 Å². The summed E-state index contributed by atoms with van der Waals surface area (Å²) in [4.78, 5) is 9.66. The summed E-state index contributed by atoms with van der Waals surface area (Å²) >= 11 is 0. The fourth-order valence-electron chi connectivity index (χ4n) is 0.274. The molecule has 5 heteroatoms. The minimum Gasteiger partial charge on any atom is -0.481 e. The predicted octanol–water partition coefficient (Wildman–Crippen LogP) is 0.403. The maximum absolute atomic E-state index is 11.6. The molecule has 0 saturated carbocycles. The molecule has 3 nitrogen and oxygen atoms in total. The first-order valence-corrected chi connectivity index (χ1v) is 2.30. The lowest BCUT2D eigenvalue weighted by Crippen LogP contribution is -2.28. The summed E-state index contributed by atoms with van der Waals surface area (Å²) in [5.74, 6) is -1.26. The molecule has 0 radical (unpaired) electrons. The van der Waals surface area contributed by atoms with Crippen molar-refractivity contribution in [2.24, 2.45) is 5.73 Å². The first-order chi connectivity index (χ1) is 3.92. The Kier molecular flexibility index (Phi) is 2.51. The molecule has 0 atom stereocenters. The highest BCUT2D eigenvalue weighted by Gasteiger charge is 2.22. The fraction of sp³-hybridized carbons (Fsp3) is 0.750. The molecule has 0 aromatic rings. The molecule has 0 aromatic heterocycles. The normalized spacial score (nSPS) is 11.4. The smallest absolute Gasteiger partial charge is 0.303 e. The second-order valence-corrected chi connectivity index (χ2v) is 1.65. The number of hydrogen-bond acceptors (Lipinski definition) is 2. The van der Waals surface area contributed by atoms with E-state index >= 15 is 0 Å². The summed E-state index contributed by atoms with van der Waals surface area (Å²) in [5.41, 5.74) is 4.19. The number of carboxylic acids is 1. The third-order valence-electron chi connectivity index (χ3n) is 0.672. The Morgan fingerprint density at radius 3 is 2.22 bits per heavy atom. The van der Waals surface area contributed by atoms with Crippen LogP contribution in [0.1, 0.15) is 12.8 Å². The zero-order chi connectivity index (χ0) is 7.49. The van der Waals surface area contributed by atoms with Crippen LogP contribution in [-0.4, -0.2) is 17.1 Å². The van der Waals surface area contributed by atoms with Gasteiger partial charge in [-0.1, -0.05) is 0 Å². The third kappa shape index (κ3) is 7.29. The minimum absolute atomic E-state index is 0.594. The molecule has 0 fully saturated rings. The van der Waals surface area contributed by atoms with E-state index in [9.17, 15) is 13.6 Å². The van der Waals surface area contributed by atoms with Crippen molar-refractivity contribution in [3.05, 3.63) is 0 Å². The molecule has 9 heavy (non-hydrogen) atoms. The van der Waals surface area contributed by atoms with Gasteiger partial charge < -0.3 is 5.11 Å². The highest BCUT2D eigenvalue weighted by molar-refractivity contribution is 5.66. The van der Waals surface area contributed by atoms with Gasteiger partial charge in [0, 0.05) is 6.42 Å². The molecular formula is C4H7F2NO2. The van der Waals surface area contributed by atoms with Crippen LogP contribution < -0.4 is 5.73 Å². The van der Waals surface area contributed by atoms with E-state index in [0.29, 0.717) is 0 Å². The van der Waals surface area contributed by atoms with Crippen LogP contribution in [0, 0.1) is 0 Å². The summed E-state index contributed by atoms with van der Waals surface area (Å²) in [6, 6.07) is -3.35. The monoisotopic (exact) mass is 139 g/mol. The Hall–Kier alpha value is -0.710. The third-order valence-corrected chi connectivity index (χ3v) is 0.672. The number of aliphatic carboxylic acids is 1. The number of alkyl halides is 2. The number of carbonyl (C=O) groups is 1. The summed E-state index contributed by atoms with van der Waals surface area (Å²) in [7, 11) is 0. The van der Waals surface area contributed by atoms with Crippen molar-refractivity contribution in [3.8, 4) is 0 Å². The SMILES string of the molecule is NC(F)(F)CCC(=O)O. The molecule has 0 amide bonds. The molecule has 0 aliphatic heterocycles. The lowest BCUT2D eigenvalue weighted by atomic mass is 10.3. The zero-order valence-corrected chi connectivity index (χ0v) is 4.60. The van der Waals surface area contributed by atoms with Crippen LogP contribution in [0.15, 0.2) is 0 Å². The minimum atomic E-state index is -3.35. The van der Waals surface area contributed by atoms with Gasteiger partial charge in [0.15, 0.2) is 0 Å². The van der Waals surface area contributed by atoms with Crippen molar-refractivity contribution < 1.29 is 18.7 Å². The number of rotatable bonds is 3. The second kappa shape index (κ2) is 2.72. The average molecular weight is 139 g/mol. The molecule has 0 aliphatic carbocycles. The van der Waals surface area contributed by atoms with Gasteiger partial charge in [-0.05, 0) is 0 Å².